The summed E-state index contributed by atoms with van der Waals surface area (Å²) in [5.41, 5.74) is 4.28. The maximum Gasteiger partial charge on any atom is 0.328 e. The van der Waals surface area contributed by atoms with Gasteiger partial charge in [-0.15, -0.1) is 0 Å². The molecule has 6 nitrogen and oxygen atoms in total. The quantitative estimate of drug-likeness (QED) is 0.357. The van der Waals surface area contributed by atoms with Crippen LogP contribution in [0.5, 0.6) is 5.88 Å². The summed E-state index contributed by atoms with van der Waals surface area (Å²) in [5.74, 6) is -0.286. The molecule has 1 N–H and O–H groups in total. The molecule has 1 unspecified atom stereocenters. The van der Waals surface area contributed by atoms with Crippen LogP contribution < -0.4 is 10.1 Å². The number of benzene rings is 3. The highest BCUT2D eigenvalue weighted by atomic mass is 16.5. The van der Waals surface area contributed by atoms with E-state index in [1.165, 1.54) is 7.11 Å². The zero-order valence-electron chi connectivity index (χ0n) is 19.4. The van der Waals surface area contributed by atoms with Gasteiger partial charge in [0.15, 0.2) is 0 Å². The van der Waals surface area contributed by atoms with Gasteiger partial charge in [-0.3, -0.25) is 4.79 Å². The van der Waals surface area contributed by atoms with Crippen molar-refractivity contribution in [1.29, 1.82) is 0 Å². The smallest absolute Gasteiger partial charge is 0.328 e. The van der Waals surface area contributed by atoms with Gasteiger partial charge in [-0.1, -0.05) is 72.8 Å². The molecular formula is C29H26N2O4. The summed E-state index contributed by atoms with van der Waals surface area (Å²) in [7, 11) is 1.31. The molecule has 3 aromatic carbocycles. The first-order valence-electron chi connectivity index (χ1n) is 11.3. The van der Waals surface area contributed by atoms with E-state index in [9.17, 15) is 9.59 Å². The maximum absolute atomic E-state index is 12.8. The summed E-state index contributed by atoms with van der Waals surface area (Å²) in [6.07, 6.45) is 2.09. The molecule has 0 aliphatic carbocycles. The number of pyridine rings is 1. The molecule has 0 saturated carbocycles. The lowest BCUT2D eigenvalue weighted by molar-refractivity contribution is -0.142. The second-order valence-corrected chi connectivity index (χ2v) is 7.98. The Labute approximate surface area is 204 Å². The highest BCUT2D eigenvalue weighted by Gasteiger charge is 2.22. The Balaban J connectivity index is 1.38. The Morgan fingerprint density at radius 3 is 2.03 bits per heavy atom. The number of hydrogen-bond donors (Lipinski definition) is 1. The van der Waals surface area contributed by atoms with E-state index in [0.29, 0.717) is 24.5 Å². The third-order valence-corrected chi connectivity index (χ3v) is 5.52. The van der Waals surface area contributed by atoms with Crippen LogP contribution in [0.25, 0.3) is 11.1 Å². The van der Waals surface area contributed by atoms with Crippen molar-refractivity contribution in [3.8, 4) is 17.0 Å². The summed E-state index contributed by atoms with van der Waals surface area (Å²) in [4.78, 5) is 29.4. The van der Waals surface area contributed by atoms with Crippen LogP contribution in [0.3, 0.4) is 0 Å². The second kappa shape index (κ2) is 11.6. The zero-order chi connectivity index (χ0) is 24.5. The second-order valence-electron chi connectivity index (χ2n) is 7.98. The Hall–Kier alpha value is -4.45. The molecule has 1 aromatic heterocycles. The molecule has 0 radical (unpaired) electrons. The highest BCUT2D eigenvalue weighted by Crippen LogP contribution is 2.21. The first-order valence-corrected chi connectivity index (χ1v) is 11.3. The van der Waals surface area contributed by atoms with Crippen molar-refractivity contribution < 1.29 is 19.1 Å². The van der Waals surface area contributed by atoms with Crippen LogP contribution in [0.4, 0.5) is 0 Å². The molecule has 4 aromatic rings. The van der Waals surface area contributed by atoms with Gasteiger partial charge in [-0.05, 0) is 34.9 Å². The Morgan fingerprint density at radius 2 is 1.43 bits per heavy atom. The third-order valence-electron chi connectivity index (χ3n) is 5.52. The number of esters is 1. The van der Waals surface area contributed by atoms with Crippen molar-refractivity contribution in [1.82, 2.24) is 10.3 Å². The monoisotopic (exact) mass is 466 g/mol. The van der Waals surface area contributed by atoms with Gasteiger partial charge in [-0.2, -0.15) is 0 Å². The largest absolute Gasteiger partial charge is 0.473 e. The van der Waals surface area contributed by atoms with Crippen LogP contribution in [0, 0.1) is 0 Å². The Morgan fingerprint density at radius 1 is 0.800 bits per heavy atom. The summed E-state index contributed by atoms with van der Waals surface area (Å²) in [6.45, 7) is 0.452. The van der Waals surface area contributed by atoms with Crippen molar-refractivity contribution >= 4 is 11.9 Å². The van der Waals surface area contributed by atoms with Gasteiger partial charge in [0.25, 0.3) is 5.91 Å². The van der Waals surface area contributed by atoms with Gasteiger partial charge >= 0.3 is 5.97 Å². The standard InChI is InChI=1S/C29H26N2O4/c1-34-29(33)26(18-21-8-4-2-5-9-21)31-28(32)24-14-12-23(13-15-24)25-16-17-27(30-19-25)35-20-22-10-6-3-7-11-22/h2-17,19,26H,18,20H2,1H3,(H,31,32). The SMILES string of the molecule is COC(=O)C(Cc1ccccc1)NC(=O)c1ccc(-c2ccc(OCc3ccccc3)nc2)cc1. The normalized spacial score (nSPS) is 11.3. The molecule has 1 heterocycles. The summed E-state index contributed by atoms with van der Waals surface area (Å²) >= 11 is 0. The molecule has 1 atom stereocenters. The van der Waals surface area contributed by atoms with Gasteiger partial charge in [0.05, 0.1) is 7.11 Å². The van der Waals surface area contributed by atoms with Gasteiger partial charge in [0.2, 0.25) is 5.88 Å². The number of amides is 1. The molecule has 0 aliphatic heterocycles. The number of hydrogen-bond acceptors (Lipinski definition) is 5. The first kappa shape index (κ1) is 23.7. The minimum absolute atomic E-state index is 0.342. The predicted octanol–water partition coefficient (Wildman–Crippen LogP) is 4.84. The molecule has 6 heteroatoms. The number of nitrogens with zero attached hydrogens (tertiary/aromatic N) is 1. The van der Waals surface area contributed by atoms with Crippen LogP contribution >= 0.6 is 0 Å². The van der Waals surface area contributed by atoms with E-state index in [1.807, 2.05) is 84.9 Å². The van der Waals surface area contributed by atoms with E-state index in [-0.39, 0.29) is 5.91 Å². The number of carbonyl (C=O) groups is 2. The molecular weight excluding hydrogens is 440 g/mol. The topological polar surface area (TPSA) is 77.5 Å². The fraction of sp³-hybridized carbons (Fsp3) is 0.138. The number of rotatable bonds is 9. The summed E-state index contributed by atoms with van der Waals surface area (Å²) in [5, 5.41) is 2.78. The molecule has 0 spiro atoms. The van der Waals surface area contributed by atoms with E-state index in [4.69, 9.17) is 9.47 Å². The minimum atomic E-state index is -0.776. The maximum atomic E-state index is 12.8. The lowest BCUT2D eigenvalue weighted by atomic mass is 10.0. The zero-order valence-corrected chi connectivity index (χ0v) is 19.4. The van der Waals surface area contributed by atoms with Crippen LogP contribution in [-0.4, -0.2) is 30.0 Å². The highest BCUT2D eigenvalue weighted by molar-refractivity contribution is 5.97. The molecule has 4 rings (SSSR count). The van der Waals surface area contributed by atoms with E-state index in [2.05, 4.69) is 10.3 Å². The van der Waals surface area contributed by atoms with Gasteiger partial charge in [0.1, 0.15) is 12.6 Å². The molecule has 35 heavy (non-hydrogen) atoms. The number of methoxy groups -OCH3 is 1. The Bertz CT molecular complexity index is 1240. The van der Waals surface area contributed by atoms with E-state index < -0.39 is 12.0 Å². The van der Waals surface area contributed by atoms with Crippen LogP contribution in [-0.2, 0) is 22.6 Å². The van der Waals surface area contributed by atoms with E-state index in [0.717, 1.165) is 22.3 Å². The molecule has 176 valence electrons. The lowest BCUT2D eigenvalue weighted by Gasteiger charge is -2.17. The first-order chi connectivity index (χ1) is 17.1. The minimum Gasteiger partial charge on any atom is -0.473 e. The van der Waals surface area contributed by atoms with Crippen LogP contribution in [0.1, 0.15) is 21.5 Å². The predicted molar refractivity (Wildman–Crippen MR) is 134 cm³/mol. The fourth-order valence-electron chi connectivity index (χ4n) is 3.61. The number of ether oxygens (including phenoxy) is 2. The van der Waals surface area contributed by atoms with Crippen molar-refractivity contribution in [2.45, 2.75) is 19.1 Å². The molecule has 0 saturated heterocycles. The van der Waals surface area contributed by atoms with Gasteiger partial charge in [0, 0.05) is 29.8 Å². The number of nitrogens with one attached hydrogen (secondary N) is 1. The molecule has 0 aliphatic rings. The summed E-state index contributed by atoms with van der Waals surface area (Å²) in [6, 6.07) is 29.5. The van der Waals surface area contributed by atoms with Crippen molar-refractivity contribution in [3.05, 3.63) is 120 Å². The average molecular weight is 467 g/mol. The van der Waals surface area contributed by atoms with Crippen molar-refractivity contribution in [2.75, 3.05) is 7.11 Å². The van der Waals surface area contributed by atoms with Crippen LogP contribution in [0.15, 0.2) is 103 Å². The third kappa shape index (κ3) is 6.54. The lowest BCUT2D eigenvalue weighted by Crippen LogP contribution is -2.43. The molecule has 0 fully saturated rings. The van der Waals surface area contributed by atoms with E-state index >= 15 is 0 Å². The van der Waals surface area contributed by atoms with Gasteiger partial charge < -0.3 is 14.8 Å². The van der Waals surface area contributed by atoms with E-state index in [1.54, 1.807) is 18.3 Å². The Kier molecular flexibility index (Phi) is 7.86. The average Bonchev–Trinajstić information content (AvgIpc) is 2.92. The van der Waals surface area contributed by atoms with Crippen molar-refractivity contribution in [3.63, 3.8) is 0 Å². The molecule has 1 amide bonds. The van der Waals surface area contributed by atoms with Gasteiger partial charge in [-0.25, -0.2) is 9.78 Å². The van der Waals surface area contributed by atoms with Crippen LogP contribution in [0.2, 0.25) is 0 Å². The summed E-state index contributed by atoms with van der Waals surface area (Å²) < 4.78 is 10.6. The fourth-order valence-corrected chi connectivity index (χ4v) is 3.61. The number of carbonyl (C=O) groups excluding carboxylic acids is 2. The molecule has 0 bridgehead atoms. The number of aromatic nitrogens is 1. The van der Waals surface area contributed by atoms with Crippen molar-refractivity contribution in [2.24, 2.45) is 0 Å².